The SMILES string of the molecule is CC1CCCC1CNC1CCC(C)(C)C1. The smallest absolute Gasteiger partial charge is 0.00724 e. The molecule has 2 fully saturated rings. The first-order chi connectivity index (χ1) is 7.07. The van der Waals surface area contributed by atoms with Crippen LogP contribution in [0, 0.1) is 17.3 Å². The number of hydrogen-bond donors (Lipinski definition) is 1. The summed E-state index contributed by atoms with van der Waals surface area (Å²) in [6.07, 6.45) is 8.57. The molecule has 2 saturated carbocycles. The predicted octanol–water partition coefficient (Wildman–Crippen LogP) is 3.59. The number of hydrogen-bond acceptors (Lipinski definition) is 1. The summed E-state index contributed by atoms with van der Waals surface area (Å²) >= 11 is 0. The van der Waals surface area contributed by atoms with Crippen molar-refractivity contribution in [2.45, 2.75) is 65.3 Å². The molecule has 2 rings (SSSR count). The van der Waals surface area contributed by atoms with E-state index in [4.69, 9.17) is 0 Å². The minimum absolute atomic E-state index is 0.596. The van der Waals surface area contributed by atoms with Gasteiger partial charge in [-0.15, -0.1) is 0 Å². The summed E-state index contributed by atoms with van der Waals surface area (Å²) in [7, 11) is 0. The van der Waals surface area contributed by atoms with Crippen LogP contribution in [0.2, 0.25) is 0 Å². The maximum absolute atomic E-state index is 3.81. The summed E-state index contributed by atoms with van der Waals surface area (Å²) < 4.78 is 0. The van der Waals surface area contributed by atoms with Gasteiger partial charge >= 0.3 is 0 Å². The van der Waals surface area contributed by atoms with E-state index in [1.54, 1.807) is 0 Å². The van der Waals surface area contributed by atoms with Gasteiger partial charge in [-0.3, -0.25) is 0 Å². The molecule has 1 N–H and O–H groups in total. The van der Waals surface area contributed by atoms with Gasteiger partial charge in [-0.25, -0.2) is 0 Å². The van der Waals surface area contributed by atoms with Crippen LogP contribution >= 0.6 is 0 Å². The molecule has 3 unspecified atom stereocenters. The highest BCUT2D eigenvalue weighted by atomic mass is 14.9. The molecule has 0 bridgehead atoms. The van der Waals surface area contributed by atoms with Crippen LogP contribution in [0.25, 0.3) is 0 Å². The lowest BCUT2D eigenvalue weighted by Crippen LogP contribution is -2.32. The third kappa shape index (κ3) is 2.96. The third-order valence-electron chi connectivity index (χ3n) is 4.68. The minimum atomic E-state index is 0.596. The van der Waals surface area contributed by atoms with Gasteiger partial charge in [0.2, 0.25) is 0 Å². The summed E-state index contributed by atoms with van der Waals surface area (Å²) in [4.78, 5) is 0. The van der Waals surface area contributed by atoms with Crippen molar-refractivity contribution in [2.75, 3.05) is 6.54 Å². The van der Waals surface area contributed by atoms with E-state index in [2.05, 4.69) is 26.1 Å². The van der Waals surface area contributed by atoms with E-state index in [9.17, 15) is 0 Å². The molecule has 0 aromatic rings. The van der Waals surface area contributed by atoms with E-state index < -0.39 is 0 Å². The summed E-state index contributed by atoms with van der Waals surface area (Å²) in [6, 6.07) is 0.813. The molecule has 0 heterocycles. The molecule has 2 aliphatic rings. The zero-order chi connectivity index (χ0) is 10.9. The van der Waals surface area contributed by atoms with Gasteiger partial charge in [-0.05, 0) is 49.5 Å². The van der Waals surface area contributed by atoms with Crippen molar-refractivity contribution in [2.24, 2.45) is 17.3 Å². The second kappa shape index (κ2) is 4.45. The second-order valence-electron chi connectivity index (χ2n) is 6.68. The Morgan fingerprint density at radius 3 is 2.53 bits per heavy atom. The molecule has 2 aliphatic carbocycles. The fraction of sp³-hybridized carbons (Fsp3) is 1.00. The Hall–Kier alpha value is -0.0400. The van der Waals surface area contributed by atoms with E-state index >= 15 is 0 Å². The van der Waals surface area contributed by atoms with E-state index in [-0.39, 0.29) is 0 Å². The molecule has 0 aromatic carbocycles. The Bertz CT molecular complexity index is 209. The Labute approximate surface area is 95.0 Å². The van der Waals surface area contributed by atoms with Gasteiger partial charge in [0.25, 0.3) is 0 Å². The van der Waals surface area contributed by atoms with Crippen LogP contribution in [0.1, 0.15) is 59.3 Å². The lowest BCUT2D eigenvalue weighted by atomic mass is 9.91. The zero-order valence-electron chi connectivity index (χ0n) is 10.7. The van der Waals surface area contributed by atoms with Crippen LogP contribution in [0.15, 0.2) is 0 Å². The van der Waals surface area contributed by atoms with Crippen LogP contribution in [0.3, 0.4) is 0 Å². The highest BCUT2D eigenvalue weighted by Gasteiger charge is 2.31. The monoisotopic (exact) mass is 209 g/mol. The maximum atomic E-state index is 3.81. The van der Waals surface area contributed by atoms with Gasteiger partial charge in [-0.1, -0.05) is 33.6 Å². The van der Waals surface area contributed by atoms with Crippen molar-refractivity contribution >= 4 is 0 Å². The van der Waals surface area contributed by atoms with E-state index in [1.807, 2.05) is 0 Å². The largest absolute Gasteiger partial charge is 0.314 e. The first kappa shape index (κ1) is 11.4. The maximum Gasteiger partial charge on any atom is 0.00724 e. The van der Waals surface area contributed by atoms with Crippen LogP contribution in [-0.2, 0) is 0 Å². The van der Waals surface area contributed by atoms with Crippen molar-refractivity contribution < 1.29 is 0 Å². The highest BCUT2D eigenvalue weighted by molar-refractivity contribution is 4.87. The minimum Gasteiger partial charge on any atom is -0.314 e. The first-order valence-corrected chi connectivity index (χ1v) is 6.80. The molecule has 0 amide bonds. The Morgan fingerprint density at radius 1 is 1.20 bits per heavy atom. The fourth-order valence-corrected chi connectivity index (χ4v) is 3.45. The number of rotatable bonds is 3. The summed E-state index contributed by atoms with van der Waals surface area (Å²) in [6.45, 7) is 8.53. The second-order valence-corrected chi connectivity index (χ2v) is 6.68. The lowest BCUT2D eigenvalue weighted by Gasteiger charge is -2.21. The Kier molecular flexibility index (Phi) is 3.39. The lowest BCUT2D eigenvalue weighted by molar-refractivity contribution is 0.338. The van der Waals surface area contributed by atoms with Crippen molar-refractivity contribution in [3.8, 4) is 0 Å². The van der Waals surface area contributed by atoms with Crippen molar-refractivity contribution in [3.05, 3.63) is 0 Å². The van der Waals surface area contributed by atoms with Gasteiger partial charge < -0.3 is 5.32 Å². The fourth-order valence-electron chi connectivity index (χ4n) is 3.45. The van der Waals surface area contributed by atoms with Gasteiger partial charge in [-0.2, -0.15) is 0 Å². The predicted molar refractivity (Wildman–Crippen MR) is 65.9 cm³/mol. The molecule has 15 heavy (non-hydrogen) atoms. The van der Waals surface area contributed by atoms with Crippen LogP contribution in [0.4, 0.5) is 0 Å². The van der Waals surface area contributed by atoms with Gasteiger partial charge in [0.15, 0.2) is 0 Å². The topological polar surface area (TPSA) is 12.0 Å². The molecular weight excluding hydrogens is 182 g/mol. The number of nitrogens with one attached hydrogen (secondary N) is 1. The molecule has 0 aromatic heterocycles. The highest BCUT2D eigenvalue weighted by Crippen LogP contribution is 2.37. The molecule has 1 heteroatoms. The molecule has 0 spiro atoms. The Morgan fingerprint density at radius 2 is 2.00 bits per heavy atom. The standard InChI is InChI=1S/C14H27N/c1-11-5-4-6-12(11)10-15-13-7-8-14(2,3)9-13/h11-13,15H,4-10H2,1-3H3. The van der Waals surface area contributed by atoms with Gasteiger partial charge in [0.05, 0.1) is 0 Å². The molecule has 88 valence electrons. The average Bonchev–Trinajstić information content (AvgIpc) is 2.69. The molecule has 0 saturated heterocycles. The third-order valence-corrected chi connectivity index (χ3v) is 4.68. The summed E-state index contributed by atoms with van der Waals surface area (Å²) in [5, 5.41) is 3.81. The van der Waals surface area contributed by atoms with Crippen molar-refractivity contribution in [1.82, 2.24) is 5.32 Å². The quantitative estimate of drug-likeness (QED) is 0.749. The zero-order valence-corrected chi connectivity index (χ0v) is 10.7. The molecular formula is C14H27N. The molecule has 0 radical (unpaired) electrons. The van der Waals surface area contributed by atoms with Crippen LogP contribution < -0.4 is 5.32 Å². The average molecular weight is 209 g/mol. The van der Waals surface area contributed by atoms with Gasteiger partial charge in [0.1, 0.15) is 0 Å². The van der Waals surface area contributed by atoms with E-state index in [1.165, 1.54) is 45.1 Å². The van der Waals surface area contributed by atoms with E-state index in [0.29, 0.717) is 5.41 Å². The van der Waals surface area contributed by atoms with E-state index in [0.717, 1.165) is 17.9 Å². The first-order valence-electron chi connectivity index (χ1n) is 6.80. The summed E-state index contributed by atoms with van der Waals surface area (Å²) in [5.41, 5.74) is 0.596. The molecule has 0 aliphatic heterocycles. The molecule has 1 nitrogen and oxygen atoms in total. The van der Waals surface area contributed by atoms with Crippen LogP contribution in [-0.4, -0.2) is 12.6 Å². The summed E-state index contributed by atoms with van der Waals surface area (Å²) in [5.74, 6) is 1.93. The Balaban J connectivity index is 1.70. The van der Waals surface area contributed by atoms with Crippen LogP contribution in [0.5, 0.6) is 0 Å². The normalized spacial score (nSPS) is 39.8. The molecule has 3 atom stereocenters. The van der Waals surface area contributed by atoms with Gasteiger partial charge in [0, 0.05) is 6.04 Å². The van der Waals surface area contributed by atoms with Crippen molar-refractivity contribution in [3.63, 3.8) is 0 Å². The van der Waals surface area contributed by atoms with Crippen molar-refractivity contribution in [1.29, 1.82) is 0 Å².